The Morgan fingerprint density at radius 1 is 0.577 bits per heavy atom. The molecule has 1 heterocycles. The molecule has 0 aromatic rings. The molecular weight excluding hydrogens is 658 g/mol. The zero-order chi connectivity index (χ0) is 38.1. The quantitative estimate of drug-likeness (QED) is 0.0346. The second-order valence-corrected chi connectivity index (χ2v) is 15.9. The van der Waals surface area contributed by atoms with Gasteiger partial charge in [0.1, 0.15) is 24.4 Å². The standard InChI is InChI=1S/C43H85NO8/c1-3-5-7-9-11-12-13-14-15-16-17-18-19-20-21-22-23-24-25-27-29-31-33-39(47)44-36(37(46)32-30-28-26-10-8-6-4-2)35-51-43-42(50)41(49)40(48)38(34-45)52-43/h36-38,40-43,45-46,48-50H,3-35H2,1-2H3,(H,44,47). The topological polar surface area (TPSA) is 149 Å². The highest BCUT2D eigenvalue weighted by Gasteiger charge is 2.44. The maximum absolute atomic E-state index is 12.9. The van der Waals surface area contributed by atoms with Crippen molar-refractivity contribution in [2.45, 2.75) is 256 Å². The van der Waals surface area contributed by atoms with E-state index in [9.17, 15) is 30.3 Å². The number of unbranched alkanes of at least 4 members (excludes halogenated alkanes) is 27. The van der Waals surface area contributed by atoms with Crippen LogP contribution in [-0.4, -0.2) is 87.5 Å². The molecule has 52 heavy (non-hydrogen) atoms. The highest BCUT2D eigenvalue weighted by Crippen LogP contribution is 2.23. The largest absolute Gasteiger partial charge is 0.394 e. The van der Waals surface area contributed by atoms with Gasteiger partial charge in [-0.05, 0) is 12.8 Å². The summed E-state index contributed by atoms with van der Waals surface area (Å²) in [6.45, 7) is 3.79. The lowest BCUT2D eigenvalue weighted by Gasteiger charge is -2.40. The van der Waals surface area contributed by atoms with Crippen LogP contribution in [0.25, 0.3) is 0 Å². The molecule has 0 aromatic carbocycles. The molecule has 0 saturated carbocycles. The van der Waals surface area contributed by atoms with Crippen LogP contribution in [0.5, 0.6) is 0 Å². The minimum atomic E-state index is -1.55. The summed E-state index contributed by atoms with van der Waals surface area (Å²) in [5.74, 6) is -0.144. The van der Waals surface area contributed by atoms with Crippen LogP contribution in [0, 0.1) is 0 Å². The summed E-state index contributed by atoms with van der Waals surface area (Å²) in [6.07, 6.45) is 30.0. The van der Waals surface area contributed by atoms with Crippen molar-refractivity contribution >= 4 is 5.91 Å². The van der Waals surface area contributed by atoms with Gasteiger partial charge in [0.15, 0.2) is 6.29 Å². The Balaban J connectivity index is 2.18. The van der Waals surface area contributed by atoms with Crippen LogP contribution in [0.15, 0.2) is 0 Å². The van der Waals surface area contributed by atoms with E-state index in [0.717, 1.165) is 38.5 Å². The molecule has 0 spiro atoms. The molecule has 0 aliphatic carbocycles. The molecule has 6 N–H and O–H groups in total. The molecule has 310 valence electrons. The smallest absolute Gasteiger partial charge is 0.220 e. The Morgan fingerprint density at radius 3 is 1.37 bits per heavy atom. The Kier molecular flexibility index (Phi) is 32.8. The van der Waals surface area contributed by atoms with E-state index in [-0.39, 0.29) is 12.5 Å². The molecule has 7 atom stereocenters. The second-order valence-electron chi connectivity index (χ2n) is 15.9. The van der Waals surface area contributed by atoms with Crippen molar-refractivity contribution in [2.24, 2.45) is 0 Å². The third-order valence-electron chi connectivity index (χ3n) is 11.0. The maximum Gasteiger partial charge on any atom is 0.220 e. The fourth-order valence-corrected chi connectivity index (χ4v) is 7.34. The van der Waals surface area contributed by atoms with E-state index in [1.54, 1.807) is 0 Å². The number of aliphatic hydroxyl groups excluding tert-OH is 5. The SMILES string of the molecule is CCCCCCCCCCCCCCCCCCCCCCCCC(=O)NC(COC1OC(CO)C(O)C(O)C1O)C(O)CCCCCCCCC. The second kappa shape index (κ2) is 34.7. The van der Waals surface area contributed by atoms with Crippen LogP contribution >= 0.6 is 0 Å². The zero-order valence-electron chi connectivity index (χ0n) is 33.8. The molecule has 0 aromatic heterocycles. The average molecular weight is 744 g/mol. The van der Waals surface area contributed by atoms with Gasteiger partial charge in [0.05, 0.1) is 25.4 Å². The average Bonchev–Trinajstić information content (AvgIpc) is 3.14. The lowest BCUT2D eigenvalue weighted by Crippen LogP contribution is -2.60. The van der Waals surface area contributed by atoms with Crippen molar-refractivity contribution in [3.05, 3.63) is 0 Å². The number of rotatable bonds is 37. The van der Waals surface area contributed by atoms with Gasteiger partial charge in [-0.3, -0.25) is 4.79 Å². The van der Waals surface area contributed by atoms with Crippen LogP contribution in [0.4, 0.5) is 0 Å². The van der Waals surface area contributed by atoms with Gasteiger partial charge in [-0.2, -0.15) is 0 Å². The Bertz CT molecular complexity index is 786. The minimum absolute atomic E-state index is 0.133. The number of hydrogen-bond acceptors (Lipinski definition) is 8. The van der Waals surface area contributed by atoms with E-state index in [0.29, 0.717) is 12.8 Å². The van der Waals surface area contributed by atoms with Crippen LogP contribution in [0.3, 0.4) is 0 Å². The van der Waals surface area contributed by atoms with Crippen molar-refractivity contribution in [1.82, 2.24) is 5.32 Å². The Morgan fingerprint density at radius 2 is 0.962 bits per heavy atom. The number of ether oxygens (including phenoxy) is 2. The molecule has 0 radical (unpaired) electrons. The highest BCUT2D eigenvalue weighted by molar-refractivity contribution is 5.76. The first kappa shape index (κ1) is 49.2. The molecular formula is C43H85NO8. The maximum atomic E-state index is 12.9. The molecule has 7 unspecified atom stereocenters. The molecule has 1 aliphatic rings. The van der Waals surface area contributed by atoms with E-state index < -0.39 is 49.5 Å². The first-order chi connectivity index (χ1) is 25.3. The molecule has 0 bridgehead atoms. The van der Waals surface area contributed by atoms with E-state index in [2.05, 4.69) is 19.2 Å². The Hall–Kier alpha value is -0.810. The number of carbonyl (C=O) groups excluding carboxylic acids is 1. The molecule has 1 fully saturated rings. The summed E-state index contributed by atoms with van der Waals surface area (Å²) in [6, 6.07) is -0.709. The normalized spacial score (nSPS) is 21.7. The molecule has 1 aliphatic heterocycles. The fourth-order valence-electron chi connectivity index (χ4n) is 7.34. The van der Waals surface area contributed by atoms with Crippen molar-refractivity contribution in [3.63, 3.8) is 0 Å². The number of amides is 1. The third kappa shape index (κ3) is 25.3. The predicted octanol–water partition coefficient (Wildman–Crippen LogP) is 8.78. The third-order valence-corrected chi connectivity index (χ3v) is 11.0. The zero-order valence-corrected chi connectivity index (χ0v) is 33.8. The summed E-state index contributed by atoms with van der Waals surface area (Å²) in [5.41, 5.74) is 0. The van der Waals surface area contributed by atoms with Crippen molar-refractivity contribution in [3.8, 4) is 0 Å². The summed E-state index contributed by atoms with van der Waals surface area (Å²) in [5, 5.41) is 54.0. The number of aliphatic hydroxyl groups is 5. The van der Waals surface area contributed by atoms with Gasteiger partial charge in [0.2, 0.25) is 5.91 Å². The minimum Gasteiger partial charge on any atom is -0.394 e. The monoisotopic (exact) mass is 744 g/mol. The van der Waals surface area contributed by atoms with Crippen molar-refractivity contribution < 1.29 is 39.8 Å². The van der Waals surface area contributed by atoms with Gasteiger partial charge in [-0.25, -0.2) is 0 Å². The number of carbonyl (C=O) groups is 1. The van der Waals surface area contributed by atoms with E-state index in [1.807, 2.05) is 0 Å². The van der Waals surface area contributed by atoms with Gasteiger partial charge < -0.3 is 40.3 Å². The first-order valence-electron chi connectivity index (χ1n) is 22.2. The van der Waals surface area contributed by atoms with Crippen LogP contribution in [-0.2, 0) is 14.3 Å². The summed E-state index contributed by atoms with van der Waals surface area (Å²) in [7, 11) is 0. The van der Waals surface area contributed by atoms with Gasteiger partial charge in [-0.1, -0.05) is 194 Å². The summed E-state index contributed by atoms with van der Waals surface area (Å²) in [4.78, 5) is 12.9. The van der Waals surface area contributed by atoms with E-state index in [4.69, 9.17) is 9.47 Å². The Labute approximate surface area is 319 Å². The van der Waals surface area contributed by atoms with Crippen LogP contribution < -0.4 is 5.32 Å². The van der Waals surface area contributed by atoms with Gasteiger partial charge in [0, 0.05) is 6.42 Å². The molecule has 9 nitrogen and oxygen atoms in total. The highest BCUT2D eigenvalue weighted by atomic mass is 16.7. The summed E-state index contributed by atoms with van der Waals surface area (Å²) >= 11 is 0. The van der Waals surface area contributed by atoms with Crippen LogP contribution in [0.2, 0.25) is 0 Å². The van der Waals surface area contributed by atoms with E-state index >= 15 is 0 Å². The first-order valence-corrected chi connectivity index (χ1v) is 22.2. The number of nitrogens with one attached hydrogen (secondary N) is 1. The summed E-state index contributed by atoms with van der Waals surface area (Å²) < 4.78 is 11.2. The van der Waals surface area contributed by atoms with Gasteiger partial charge >= 0.3 is 0 Å². The van der Waals surface area contributed by atoms with Gasteiger partial charge in [-0.15, -0.1) is 0 Å². The van der Waals surface area contributed by atoms with Crippen molar-refractivity contribution in [2.75, 3.05) is 13.2 Å². The molecule has 1 saturated heterocycles. The van der Waals surface area contributed by atoms with E-state index in [1.165, 1.54) is 148 Å². The van der Waals surface area contributed by atoms with Crippen LogP contribution in [0.1, 0.15) is 213 Å². The molecule has 9 heteroatoms. The lowest BCUT2D eigenvalue weighted by atomic mass is 9.99. The molecule has 1 amide bonds. The van der Waals surface area contributed by atoms with Gasteiger partial charge in [0.25, 0.3) is 0 Å². The molecule has 1 rings (SSSR count). The van der Waals surface area contributed by atoms with Crippen molar-refractivity contribution in [1.29, 1.82) is 0 Å². The number of hydrogen-bond donors (Lipinski definition) is 6. The predicted molar refractivity (Wildman–Crippen MR) is 212 cm³/mol. The lowest BCUT2D eigenvalue weighted by molar-refractivity contribution is -0.302. The fraction of sp³-hybridized carbons (Fsp3) is 0.977.